The normalized spacial score (nSPS) is 20.3. The Morgan fingerprint density at radius 3 is 2.80 bits per heavy atom. The number of benzene rings is 1. The van der Waals surface area contributed by atoms with Crippen molar-refractivity contribution in [2.75, 3.05) is 38.2 Å². The minimum atomic E-state index is -0.0165. The molecule has 132 valence electrons. The summed E-state index contributed by atoms with van der Waals surface area (Å²) in [7, 11) is 2.04. The average Bonchev–Trinajstić information content (AvgIpc) is 2.69. The van der Waals surface area contributed by atoms with Crippen molar-refractivity contribution in [2.45, 2.75) is 24.9 Å². The first-order valence-electron chi connectivity index (χ1n) is 8.92. The van der Waals surface area contributed by atoms with Crippen LogP contribution in [0.5, 0.6) is 11.5 Å². The van der Waals surface area contributed by atoms with Crippen molar-refractivity contribution in [2.24, 2.45) is 0 Å². The number of ether oxygens (including phenoxy) is 2. The van der Waals surface area contributed by atoms with Crippen LogP contribution in [-0.4, -0.2) is 49.4 Å². The van der Waals surface area contributed by atoms with Crippen molar-refractivity contribution in [3.63, 3.8) is 0 Å². The van der Waals surface area contributed by atoms with Gasteiger partial charge in [-0.1, -0.05) is 12.1 Å². The first-order valence-corrected chi connectivity index (χ1v) is 8.92. The summed E-state index contributed by atoms with van der Waals surface area (Å²) in [4.78, 5) is 11.1. The van der Waals surface area contributed by atoms with Gasteiger partial charge in [-0.25, -0.2) is 9.97 Å². The number of piperidine rings is 1. The third-order valence-electron chi connectivity index (χ3n) is 4.87. The van der Waals surface area contributed by atoms with Crippen LogP contribution in [0.25, 0.3) is 0 Å². The number of nitrogens with zero attached hydrogens (tertiary/aromatic N) is 3. The van der Waals surface area contributed by atoms with Gasteiger partial charge in [0.2, 0.25) is 0 Å². The number of fused-ring (bicyclic) bond motifs is 1. The van der Waals surface area contributed by atoms with Crippen LogP contribution < -0.4 is 19.7 Å². The summed E-state index contributed by atoms with van der Waals surface area (Å²) >= 11 is 0. The Bertz CT molecular complexity index is 718. The molecule has 1 atom stereocenters. The van der Waals surface area contributed by atoms with E-state index in [9.17, 15) is 0 Å². The molecule has 4 rings (SSSR count). The molecule has 2 aromatic rings. The largest absolute Gasteiger partial charge is 0.486 e. The fourth-order valence-electron chi connectivity index (χ4n) is 3.46. The predicted molar refractivity (Wildman–Crippen MR) is 96.5 cm³/mol. The lowest BCUT2D eigenvalue weighted by atomic mass is 9.94. The molecule has 0 bridgehead atoms. The van der Waals surface area contributed by atoms with Gasteiger partial charge in [-0.15, -0.1) is 0 Å². The van der Waals surface area contributed by atoms with E-state index in [4.69, 9.17) is 9.47 Å². The minimum Gasteiger partial charge on any atom is -0.486 e. The maximum atomic E-state index is 6.05. The fraction of sp³-hybridized carbons (Fsp3) is 0.474. The highest BCUT2D eigenvalue weighted by atomic mass is 16.6. The van der Waals surface area contributed by atoms with Gasteiger partial charge in [-0.2, -0.15) is 0 Å². The highest BCUT2D eigenvalue weighted by Gasteiger charge is 2.23. The van der Waals surface area contributed by atoms with E-state index < -0.39 is 0 Å². The lowest BCUT2D eigenvalue weighted by molar-refractivity contribution is 0.0959. The van der Waals surface area contributed by atoms with Crippen LogP contribution in [0.1, 0.15) is 24.5 Å². The second-order valence-electron chi connectivity index (χ2n) is 6.70. The molecule has 0 radical (unpaired) electrons. The van der Waals surface area contributed by atoms with Crippen molar-refractivity contribution in [1.29, 1.82) is 0 Å². The highest BCUT2D eigenvalue weighted by Crippen LogP contribution is 2.31. The number of hydrogen-bond acceptors (Lipinski definition) is 6. The van der Waals surface area contributed by atoms with Crippen molar-refractivity contribution in [1.82, 2.24) is 15.3 Å². The topological polar surface area (TPSA) is 59.5 Å². The van der Waals surface area contributed by atoms with Crippen LogP contribution in [0.15, 0.2) is 36.7 Å². The lowest BCUT2D eigenvalue weighted by Gasteiger charge is -2.30. The molecule has 25 heavy (non-hydrogen) atoms. The van der Waals surface area contributed by atoms with Crippen molar-refractivity contribution < 1.29 is 9.47 Å². The van der Waals surface area contributed by atoms with Gasteiger partial charge in [0.15, 0.2) is 17.6 Å². The number of hydrogen-bond donors (Lipinski definition) is 1. The summed E-state index contributed by atoms with van der Waals surface area (Å²) in [6.45, 7) is 3.39. The zero-order chi connectivity index (χ0) is 17.1. The van der Waals surface area contributed by atoms with Crippen LogP contribution in [0.2, 0.25) is 0 Å². The molecule has 1 aromatic carbocycles. The molecule has 0 aliphatic carbocycles. The predicted octanol–water partition coefficient (Wildman–Crippen LogP) is 2.22. The first kappa shape index (κ1) is 16.1. The van der Waals surface area contributed by atoms with E-state index >= 15 is 0 Å². The van der Waals surface area contributed by atoms with Gasteiger partial charge in [0.25, 0.3) is 0 Å². The first-order chi connectivity index (χ1) is 12.3. The smallest absolute Gasteiger partial charge is 0.161 e. The molecule has 1 fully saturated rings. The Morgan fingerprint density at radius 2 is 1.96 bits per heavy atom. The van der Waals surface area contributed by atoms with Gasteiger partial charge in [-0.3, -0.25) is 0 Å². The molecule has 0 saturated carbocycles. The highest BCUT2D eigenvalue weighted by molar-refractivity contribution is 5.42. The molecule has 0 amide bonds. The summed E-state index contributed by atoms with van der Waals surface area (Å²) in [6.07, 6.45) is 3.93. The second-order valence-corrected chi connectivity index (χ2v) is 6.70. The van der Waals surface area contributed by atoms with Crippen LogP contribution in [0, 0.1) is 0 Å². The quantitative estimate of drug-likeness (QED) is 0.921. The van der Waals surface area contributed by atoms with E-state index in [0.717, 1.165) is 55.5 Å². The molecule has 1 unspecified atom stereocenters. The van der Waals surface area contributed by atoms with Crippen LogP contribution in [0.3, 0.4) is 0 Å². The molecule has 1 saturated heterocycles. The number of rotatable bonds is 4. The van der Waals surface area contributed by atoms with Gasteiger partial charge in [0, 0.05) is 24.7 Å². The van der Waals surface area contributed by atoms with Gasteiger partial charge < -0.3 is 19.7 Å². The Balaban J connectivity index is 1.42. The van der Waals surface area contributed by atoms with Crippen LogP contribution in [-0.2, 0) is 0 Å². The maximum absolute atomic E-state index is 6.05. The molecule has 2 aliphatic rings. The van der Waals surface area contributed by atoms with Gasteiger partial charge in [0.1, 0.15) is 18.8 Å². The molecule has 1 N–H and O–H groups in total. The van der Waals surface area contributed by atoms with E-state index in [1.807, 2.05) is 31.3 Å². The van der Waals surface area contributed by atoms with E-state index in [1.54, 1.807) is 6.33 Å². The fourth-order valence-corrected chi connectivity index (χ4v) is 3.46. The minimum absolute atomic E-state index is 0.0165. The van der Waals surface area contributed by atoms with Gasteiger partial charge >= 0.3 is 0 Å². The summed E-state index contributed by atoms with van der Waals surface area (Å²) in [5.74, 6) is 3.09. The van der Waals surface area contributed by atoms with E-state index in [2.05, 4.69) is 26.3 Å². The number of likely N-dealkylation sites (N-methyl/N-ethyl adjacent to an activating group) is 1. The average molecular weight is 340 g/mol. The van der Waals surface area contributed by atoms with E-state index in [-0.39, 0.29) is 6.10 Å². The third kappa shape index (κ3) is 3.69. The summed E-state index contributed by atoms with van der Waals surface area (Å²) in [6, 6.07) is 9.92. The maximum Gasteiger partial charge on any atom is 0.161 e. The van der Waals surface area contributed by atoms with Crippen LogP contribution >= 0.6 is 0 Å². The lowest BCUT2D eigenvalue weighted by Crippen LogP contribution is -2.39. The molecular weight excluding hydrogens is 316 g/mol. The molecule has 2 aliphatic heterocycles. The summed E-state index contributed by atoms with van der Waals surface area (Å²) in [5, 5.41) is 3.40. The Labute approximate surface area is 148 Å². The number of anilines is 1. The van der Waals surface area contributed by atoms with Gasteiger partial charge in [0.05, 0.1) is 6.54 Å². The van der Waals surface area contributed by atoms with Gasteiger partial charge in [-0.05, 0) is 38.1 Å². The molecule has 1 aromatic heterocycles. The Morgan fingerprint density at radius 1 is 1.16 bits per heavy atom. The zero-order valence-corrected chi connectivity index (χ0v) is 14.5. The van der Waals surface area contributed by atoms with Crippen LogP contribution in [0.4, 0.5) is 5.82 Å². The zero-order valence-electron chi connectivity index (χ0n) is 14.5. The molecule has 6 nitrogen and oxygen atoms in total. The molecule has 6 heteroatoms. The SMILES string of the molecule is CN(CC1COc2ccccc2O1)c1cc(C2CCNCC2)ncn1. The van der Waals surface area contributed by atoms with Crippen molar-refractivity contribution in [3.05, 3.63) is 42.4 Å². The number of para-hydroxylation sites is 2. The summed E-state index contributed by atoms with van der Waals surface area (Å²) < 4.78 is 11.9. The summed E-state index contributed by atoms with van der Waals surface area (Å²) in [5.41, 5.74) is 1.14. The molecule has 3 heterocycles. The Hall–Kier alpha value is -2.34. The number of aromatic nitrogens is 2. The number of nitrogens with one attached hydrogen (secondary N) is 1. The third-order valence-corrected chi connectivity index (χ3v) is 4.87. The molecular formula is C19H24N4O2. The molecule has 0 spiro atoms. The monoisotopic (exact) mass is 340 g/mol. The van der Waals surface area contributed by atoms with Crippen molar-refractivity contribution in [3.8, 4) is 11.5 Å². The second kappa shape index (κ2) is 7.27. The van der Waals surface area contributed by atoms with Crippen molar-refractivity contribution >= 4 is 5.82 Å². The Kier molecular flexibility index (Phi) is 4.70. The van der Waals surface area contributed by atoms with E-state index in [1.165, 1.54) is 0 Å². The standard InChI is InChI=1S/C19H24N4O2/c1-23(11-15-12-24-17-4-2-3-5-18(17)25-15)19-10-16(21-13-22-19)14-6-8-20-9-7-14/h2-5,10,13-15,20H,6-9,11-12H2,1H3. The van der Waals surface area contributed by atoms with E-state index in [0.29, 0.717) is 12.5 Å².